The van der Waals surface area contributed by atoms with Crippen LogP contribution in [-0.4, -0.2) is 14.8 Å². The number of H-pyrrole nitrogens is 1. The second-order valence-electron chi connectivity index (χ2n) is 3.79. The van der Waals surface area contributed by atoms with E-state index in [1.165, 1.54) is 0 Å². The number of nitrogens with zero attached hydrogens (tertiary/aromatic N) is 2. The van der Waals surface area contributed by atoms with Gasteiger partial charge < -0.3 is 5.73 Å². The minimum Gasteiger partial charge on any atom is -0.324 e. The quantitative estimate of drug-likeness (QED) is 0.784. The third kappa shape index (κ3) is 1.91. The van der Waals surface area contributed by atoms with E-state index in [1.807, 2.05) is 42.7 Å². The van der Waals surface area contributed by atoms with Crippen LogP contribution in [0, 0.1) is 11.7 Å². The van der Waals surface area contributed by atoms with Gasteiger partial charge in [0.2, 0.25) is 0 Å². The topological polar surface area (TPSA) is 59.6 Å². The summed E-state index contributed by atoms with van der Waals surface area (Å²) >= 11 is 5.16. The molecule has 4 nitrogen and oxygen atoms in total. The van der Waals surface area contributed by atoms with Crippen LogP contribution in [0.4, 0.5) is 0 Å². The Morgan fingerprint density at radius 2 is 2.00 bits per heavy atom. The lowest BCUT2D eigenvalue weighted by Gasteiger charge is -2.08. The summed E-state index contributed by atoms with van der Waals surface area (Å²) in [5, 5.41) is 6.84. The molecule has 5 heteroatoms. The smallest absolute Gasteiger partial charge is 0.199 e. The molecule has 0 aliphatic heterocycles. The van der Waals surface area contributed by atoms with Gasteiger partial charge in [0.25, 0.3) is 0 Å². The van der Waals surface area contributed by atoms with Crippen molar-refractivity contribution in [3.63, 3.8) is 0 Å². The zero-order valence-electron chi connectivity index (χ0n) is 9.27. The molecule has 0 aliphatic rings. The number of nitrogens with one attached hydrogen (secondary N) is 1. The van der Waals surface area contributed by atoms with E-state index in [-0.39, 0.29) is 6.04 Å². The van der Waals surface area contributed by atoms with Crippen molar-refractivity contribution in [2.24, 2.45) is 5.73 Å². The molecule has 0 saturated heterocycles. The highest BCUT2D eigenvalue weighted by molar-refractivity contribution is 7.71. The maximum Gasteiger partial charge on any atom is 0.199 e. The van der Waals surface area contributed by atoms with Gasteiger partial charge in [-0.1, -0.05) is 12.1 Å². The van der Waals surface area contributed by atoms with Crippen LogP contribution in [0.1, 0.15) is 24.4 Å². The minimum absolute atomic E-state index is 0.0486. The number of benzene rings is 1. The number of aromatic amines is 1. The Bertz CT molecular complexity index is 536. The van der Waals surface area contributed by atoms with Crippen LogP contribution in [0.5, 0.6) is 0 Å². The van der Waals surface area contributed by atoms with Crippen molar-refractivity contribution < 1.29 is 0 Å². The lowest BCUT2D eigenvalue weighted by atomic mass is 10.1. The molecule has 0 spiro atoms. The Morgan fingerprint density at radius 3 is 2.44 bits per heavy atom. The second kappa shape index (κ2) is 4.19. The summed E-state index contributed by atoms with van der Waals surface area (Å²) in [7, 11) is 0. The molecule has 2 rings (SSSR count). The van der Waals surface area contributed by atoms with E-state index in [9.17, 15) is 0 Å². The maximum atomic E-state index is 5.80. The predicted molar refractivity (Wildman–Crippen MR) is 66.1 cm³/mol. The predicted octanol–water partition coefficient (Wildman–Crippen LogP) is 2.26. The lowest BCUT2D eigenvalue weighted by Crippen LogP contribution is -2.05. The number of hydrogen-bond donors (Lipinski definition) is 2. The minimum atomic E-state index is 0.0486. The molecule has 0 fully saturated rings. The van der Waals surface area contributed by atoms with Crippen LogP contribution < -0.4 is 5.73 Å². The van der Waals surface area contributed by atoms with Gasteiger partial charge in [-0.3, -0.25) is 9.67 Å². The van der Waals surface area contributed by atoms with Gasteiger partial charge in [0.05, 0.1) is 0 Å². The number of nitrogens with two attached hydrogens (primary N) is 1. The molecule has 2 aromatic rings. The summed E-state index contributed by atoms with van der Waals surface area (Å²) in [4.78, 5) is 0. The summed E-state index contributed by atoms with van der Waals surface area (Å²) < 4.78 is 2.49. The standard InChI is InChI=1S/C11H14N4S/c1-7(12)9-3-5-10(6-4-9)15-8(2)13-14-11(15)16/h3-7H,12H2,1-2H3,(H,14,16)/t7-/m1/s1. The summed E-state index contributed by atoms with van der Waals surface area (Å²) in [5.41, 5.74) is 7.90. The Labute approximate surface area is 99.1 Å². The fourth-order valence-corrected chi connectivity index (χ4v) is 1.89. The van der Waals surface area contributed by atoms with E-state index in [0.29, 0.717) is 4.77 Å². The van der Waals surface area contributed by atoms with Gasteiger partial charge in [-0.05, 0) is 43.8 Å². The van der Waals surface area contributed by atoms with Gasteiger partial charge in [-0.15, -0.1) is 0 Å². The molecule has 84 valence electrons. The van der Waals surface area contributed by atoms with E-state index < -0.39 is 0 Å². The zero-order chi connectivity index (χ0) is 11.7. The van der Waals surface area contributed by atoms with Gasteiger partial charge >= 0.3 is 0 Å². The number of aromatic nitrogens is 3. The molecule has 1 aromatic carbocycles. The molecule has 1 heterocycles. The molecule has 0 amide bonds. The molecule has 1 atom stereocenters. The van der Waals surface area contributed by atoms with Gasteiger partial charge in [0, 0.05) is 11.7 Å². The van der Waals surface area contributed by atoms with E-state index >= 15 is 0 Å². The molecular weight excluding hydrogens is 220 g/mol. The van der Waals surface area contributed by atoms with Crippen LogP contribution in [0.25, 0.3) is 5.69 Å². The number of hydrogen-bond acceptors (Lipinski definition) is 3. The van der Waals surface area contributed by atoms with Crippen molar-refractivity contribution in [3.05, 3.63) is 40.4 Å². The first-order valence-electron chi connectivity index (χ1n) is 5.09. The summed E-state index contributed by atoms with van der Waals surface area (Å²) in [6.45, 7) is 3.87. The van der Waals surface area contributed by atoms with E-state index in [1.54, 1.807) is 0 Å². The van der Waals surface area contributed by atoms with Crippen LogP contribution >= 0.6 is 12.2 Å². The van der Waals surface area contributed by atoms with Crippen molar-refractivity contribution in [1.82, 2.24) is 14.8 Å². The van der Waals surface area contributed by atoms with Gasteiger partial charge in [-0.2, -0.15) is 5.10 Å². The summed E-state index contributed by atoms with van der Waals surface area (Å²) in [5.74, 6) is 0.846. The van der Waals surface area contributed by atoms with Crippen molar-refractivity contribution in [2.45, 2.75) is 19.9 Å². The molecule has 0 unspecified atom stereocenters. The lowest BCUT2D eigenvalue weighted by molar-refractivity contribution is 0.817. The first-order valence-corrected chi connectivity index (χ1v) is 5.50. The normalized spacial score (nSPS) is 12.7. The summed E-state index contributed by atoms with van der Waals surface area (Å²) in [6, 6.07) is 8.06. The van der Waals surface area contributed by atoms with Gasteiger partial charge in [-0.25, -0.2) is 0 Å². The van der Waals surface area contributed by atoms with Crippen molar-refractivity contribution in [1.29, 1.82) is 0 Å². The second-order valence-corrected chi connectivity index (χ2v) is 4.18. The average Bonchev–Trinajstić information content (AvgIpc) is 2.59. The van der Waals surface area contributed by atoms with Gasteiger partial charge in [0.1, 0.15) is 5.82 Å². The molecular formula is C11H14N4S. The SMILES string of the molecule is Cc1n[nH]c(=S)n1-c1ccc([C@@H](C)N)cc1. The van der Waals surface area contributed by atoms with Crippen LogP contribution in [0.3, 0.4) is 0 Å². The average molecular weight is 234 g/mol. The molecule has 1 aromatic heterocycles. The molecule has 0 bridgehead atoms. The van der Waals surface area contributed by atoms with E-state index in [0.717, 1.165) is 17.1 Å². The Hall–Kier alpha value is -1.46. The zero-order valence-corrected chi connectivity index (χ0v) is 10.1. The van der Waals surface area contributed by atoms with Crippen molar-refractivity contribution in [3.8, 4) is 5.69 Å². The van der Waals surface area contributed by atoms with Crippen molar-refractivity contribution >= 4 is 12.2 Å². The van der Waals surface area contributed by atoms with Gasteiger partial charge in [0.15, 0.2) is 4.77 Å². The van der Waals surface area contributed by atoms with Crippen LogP contribution in [-0.2, 0) is 0 Å². The largest absolute Gasteiger partial charge is 0.324 e. The van der Waals surface area contributed by atoms with Crippen LogP contribution in [0.15, 0.2) is 24.3 Å². The van der Waals surface area contributed by atoms with E-state index in [4.69, 9.17) is 18.0 Å². The molecule has 0 aliphatic carbocycles. The molecule has 0 radical (unpaired) electrons. The first kappa shape index (κ1) is 11.0. The highest BCUT2D eigenvalue weighted by Gasteiger charge is 2.04. The summed E-state index contributed by atoms with van der Waals surface area (Å²) in [6.07, 6.45) is 0. The number of aryl methyl sites for hydroxylation is 1. The highest BCUT2D eigenvalue weighted by atomic mass is 32.1. The first-order chi connectivity index (χ1) is 7.59. The molecule has 0 saturated carbocycles. The highest BCUT2D eigenvalue weighted by Crippen LogP contribution is 2.15. The number of rotatable bonds is 2. The third-order valence-corrected chi connectivity index (χ3v) is 2.79. The Balaban J connectivity index is 2.46. The fraction of sp³-hybridized carbons (Fsp3) is 0.273. The van der Waals surface area contributed by atoms with E-state index in [2.05, 4.69) is 10.2 Å². The molecule has 3 N–H and O–H groups in total. The fourth-order valence-electron chi connectivity index (χ4n) is 1.61. The van der Waals surface area contributed by atoms with Crippen molar-refractivity contribution in [2.75, 3.05) is 0 Å². The van der Waals surface area contributed by atoms with Crippen LogP contribution in [0.2, 0.25) is 0 Å². The Kier molecular flexibility index (Phi) is 2.89. The third-order valence-electron chi connectivity index (χ3n) is 2.52. The maximum absolute atomic E-state index is 5.80. The molecule has 16 heavy (non-hydrogen) atoms. The monoisotopic (exact) mass is 234 g/mol. The Morgan fingerprint density at radius 1 is 1.38 bits per heavy atom.